The SMILES string of the molecule is CC1(C)CC1CNC(=O)NCc1cn(CC(=O)O)nn1. The molecule has 1 aliphatic rings. The monoisotopic (exact) mass is 281 g/mol. The van der Waals surface area contributed by atoms with Gasteiger partial charge in [-0.05, 0) is 17.8 Å². The Balaban J connectivity index is 1.68. The van der Waals surface area contributed by atoms with Crippen LogP contribution in [0.2, 0.25) is 0 Å². The van der Waals surface area contributed by atoms with Gasteiger partial charge in [0.25, 0.3) is 0 Å². The summed E-state index contributed by atoms with van der Waals surface area (Å²) >= 11 is 0. The van der Waals surface area contributed by atoms with Gasteiger partial charge in [0.1, 0.15) is 12.2 Å². The van der Waals surface area contributed by atoms with E-state index in [1.54, 1.807) is 0 Å². The molecule has 1 aromatic rings. The number of hydrogen-bond acceptors (Lipinski definition) is 4. The number of carboxylic acids is 1. The molecule has 1 unspecified atom stereocenters. The van der Waals surface area contributed by atoms with Crippen LogP contribution in [0, 0.1) is 11.3 Å². The van der Waals surface area contributed by atoms with Crippen LogP contribution in [0.5, 0.6) is 0 Å². The fraction of sp³-hybridized carbons (Fsp3) is 0.667. The molecule has 1 fully saturated rings. The van der Waals surface area contributed by atoms with Crippen LogP contribution in [-0.2, 0) is 17.9 Å². The maximum Gasteiger partial charge on any atom is 0.325 e. The van der Waals surface area contributed by atoms with E-state index in [1.807, 2.05) is 0 Å². The van der Waals surface area contributed by atoms with Crippen molar-refractivity contribution in [1.82, 2.24) is 25.6 Å². The molecule has 0 aliphatic heterocycles. The van der Waals surface area contributed by atoms with Crippen molar-refractivity contribution in [3.05, 3.63) is 11.9 Å². The van der Waals surface area contributed by atoms with Crippen LogP contribution in [0.3, 0.4) is 0 Å². The number of carbonyl (C=O) groups excluding carboxylic acids is 1. The summed E-state index contributed by atoms with van der Waals surface area (Å²) in [7, 11) is 0. The van der Waals surface area contributed by atoms with Gasteiger partial charge in [0, 0.05) is 6.54 Å². The van der Waals surface area contributed by atoms with Crippen molar-refractivity contribution < 1.29 is 14.7 Å². The highest BCUT2D eigenvalue weighted by Crippen LogP contribution is 2.50. The number of carbonyl (C=O) groups is 2. The smallest absolute Gasteiger partial charge is 0.325 e. The van der Waals surface area contributed by atoms with E-state index in [2.05, 4.69) is 34.8 Å². The van der Waals surface area contributed by atoms with Crippen LogP contribution in [0.15, 0.2) is 6.20 Å². The number of nitrogens with one attached hydrogen (secondary N) is 2. The van der Waals surface area contributed by atoms with Crippen molar-refractivity contribution >= 4 is 12.0 Å². The van der Waals surface area contributed by atoms with Gasteiger partial charge in [-0.3, -0.25) is 4.79 Å². The maximum atomic E-state index is 11.6. The van der Waals surface area contributed by atoms with Crippen molar-refractivity contribution in [3.63, 3.8) is 0 Å². The van der Waals surface area contributed by atoms with Crippen LogP contribution in [0.25, 0.3) is 0 Å². The number of carboxylic acid groups (broad SMARTS) is 1. The van der Waals surface area contributed by atoms with Crippen LogP contribution >= 0.6 is 0 Å². The second-order valence-electron chi connectivity index (χ2n) is 5.75. The summed E-state index contributed by atoms with van der Waals surface area (Å²) in [6, 6.07) is -0.250. The lowest BCUT2D eigenvalue weighted by atomic mass is 10.1. The van der Waals surface area contributed by atoms with Gasteiger partial charge >= 0.3 is 12.0 Å². The standard InChI is InChI=1S/C12H19N5O3/c1-12(2)3-8(12)4-13-11(20)14-5-9-6-17(16-15-9)7-10(18)19/h6,8H,3-5,7H2,1-2H3,(H,18,19)(H2,13,14,20). The van der Waals surface area contributed by atoms with Gasteiger partial charge in [0.2, 0.25) is 0 Å². The third-order valence-corrected chi connectivity index (χ3v) is 3.54. The van der Waals surface area contributed by atoms with E-state index in [-0.39, 0.29) is 19.1 Å². The average molecular weight is 281 g/mol. The molecule has 3 N–H and O–H groups in total. The Kier molecular flexibility index (Phi) is 3.91. The number of rotatable bonds is 6. The zero-order valence-electron chi connectivity index (χ0n) is 11.6. The third-order valence-electron chi connectivity index (χ3n) is 3.54. The molecule has 1 saturated carbocycles. The Morgan fingerprint density at radius 2 is 2.20 bits per heavy atom. The number of nitrogens with zero attached hydrogens (tertiary/aromatic N) is 3. The highest BCUT2D eigenvalue weighted by Gasteiger charge is 2.45. The summed E-state index contributed by atoms with van der Waals surface area (Å²) < 4.78 is 1.21. The summed E-state index contributed by atoms with van der Waals surface area (Å²) in [6.45, 7) is 5.01. The first-order valence-electron chi connectivity index (χ1n) is 6.49. The molecule has 1 atom stereocenters. The Bertz CT molecular complexity index is 511. The second kappa shape index (κ2) is 5.48. The normalized spacial score (nSPS) is 19.4. The fourth-order valence-corrected chi connectivity index (χ4v) is 2.01. The predicted molar refractivity (Wildman–Crippen MR) is 69.8 cm³/mol. The van der Waals surface area contributed by atoms with Crippen molar-refractivity contribution in [1.29, 1.82) is 0 Å². The van der Waals surface area contributed by atoms with Crippen molar-refractivity contribution in [3.8, 4) is 0 Å². The third kappa shape index (κ3) is 3.94. The molecule has 8 heteroatoms. The lowest BCUT2D eigenvalue weighted by Gasteiger charge is -2.07. The molecule has 2 amide bonds. The van der Waals surface area contributed by atoms with Crippen molar-refractivity contribution in [2.24, 2.45) is 11.3 Å². The first-order valence-corrected chi connectivity index (χ1v) is 6.49. The van der Waals surface area contributed by atoms with E-state index in [0.717, 1.165) is 6.42 Å². The van der Waals surface area contributed by atoms with E-state index < -0.39 is 5.97 Å². The van der Waals surface area contributed by atoms with Gasteiger partial charge in [-0.25, -0.2) is 9.48 Å². The van der Waals surface area contributed by atoms with Crippen LogP contribution in [0.4, 0.5) is 4.79 Å². The molecular formula is C12H19N5O3. The highest BCUT2D eigenvalue weighted by molar-refractivity contribution is 5.73. The Morgan fingerprint density at radius 3 is 2.80 bits per heavy atom. The summed E-state index contributed by atoms with van der Waals surface area (Å²) in [4.78, 5) is 22.1. The Hall–Kier alpha value is -2.12. The molecule has 1 aromatic heterocycles. The number of hydrogen-bond donors (Lipinski definition) is 3. The molecule has 20 heavy (non-hydrogen) atoms. The number of amides is 2. The van der Waals surface area contributed by atoms with Gasteiger partial charge in [0.15, 0.2) is 0 Å². The van der Waals surface area contributed by atoms with E-state index in [0.29, 0.717) is 23.6 Å². The lowest BCUT2D eigenvalue weighted by molar-refractivity contribution is -0.137. The zero-order chi connectivity index (χ0) is 14.8. The topological polar surface area (TPSA) is 109 Å². The molecule has 0 bridgehead atoms. The van der Waals surface area contributed by atoms with Crippen molar-refractivity contribution in [2.75, 3.05) is 6.54 Å². The minimum absolute atomic E-state index is 0.222. The van der Waals surface area contributed by atoms with E-state index >= 15 is 0 Å². The minimum atomic E-state index is -0.987. The zero-order valence-corrected chi connectivity index (χ0v) is 11.6. The van der Waals surface area contributed by atoms with Gasteiger partial charge in [0.05, 0.1) is 12.7 Å². The molecule has 0 spiro atoms. The van der Waals surface area contributed by atoms with Gasteiger partial charge in [-0.15, -0.1) is 5.10 Å². The van der Waals surface area contributed by atoms with Crippen LogP contribution in [-0.4, -0.2) is 38.6 Å². The Morgan fingerprint density at radius 1 is 1.50 bits per heavy atom. The first kappa shape index (κ1) is 14.3. The van der Waals surface area contributed by atoms with Crippen molar-refractivity contribution in [2.45, 2.75) is 33.4 Å². The molecule has 0 aromatic carbocycles. The largest absolute Gasteiger partial charge is 0.480 e. The van der Waals surface area contributed by atoms with Gasteiger partial charge in [-0.1, -0.05) is 19.1 Å². The molecule has 2 rings (SSSR count). The molecular weight excluding hydrogens is 262 g/mol. The van der Waals surface area contributed by atoms with E-state index in [4.69, 9.17) is 5.11 Å². The quantitative estimate of drug-likeness (QED) is 0.690. The number of urea groups is 1. The summed E-state index contributed by atoms with van der Waals surface area (Å²) in [5.41, 5.74) is 0.862. The lowest BCUT2D eigenvalue weighted by Crippen LogP contribution is -2.36. The van der Waals surface area contributed by atoms with Gasteiger partial charge < -0.3 is 15.7 Å². The molecule has 1 heterocycles. The molecule has 0 saturated heterocycles. The first-order chi connectivity index (χ1) is 9.37. The minimum Gasteiger partial charge on any atom is -0.480 e. The van der Waals surface area contributed by atoms with Crippen LogP contribution in [0.1, 0.15) is 26.0 Å². The van der Waals surface area contributed by atoms with E-state index in [1.165, 1.54) is 10.9 Å². The number of aliphatic carboxylic acids is 1. The summed E-state index contributed by atoms with van der Waals surface area (Å²) in [5, 5.41) is 21.5. The highest BCUT2D eigenvalue weighted by atomic mass is 16.4. The summed E-state index contributed by atoms with van der Waals surface area (Å²) in [6.07, 6.45) is 2.63. The maximum absolute atomic E-state index is 11.6. The molecule has 1 aliphatic carbocycles. The predicted octanol–water partition coefficient (Wildman–Crippen LogP) is 0.208. The van der Waals surface area contributed by atoms with Crippen LogP contribution < -0.4 is 10.6 Å². The number of aromatic nitrogens is 3. The van der Waals surface area contributed by atoms with Gasteiger partial charge in [-0.2, -0.15) is 0 Å². The fourth-order valence-electron chi connectivity index (χ4n) is 2.01. The molecule has 8 nitrogen and oxygen atoms in total. The summed E-state index contributed by atoms with van der Waals surface area (Å²) in [5.74, 6) is -0.441. The van der Waals surface area contributed by atoms with E-state index in [9.17, 15) is 9.59 Å². The molecule has 110 valence electrons. The second-order valence-corrected chi connectivity index (χ2v) is 5.75. The molecule has 0 radical (unpaired) electrons. The average Bonchev–Trinajstić information content (AvgIpc) is 2.75. The Labute approximate surface area is 116 Å².